The van der Waals surface area contributed by atoms with Crippen LogP contribution in [0.5, 0.6) is 0 Å². The molecule has 0 saturated heterocycles. The molecule has 1 amide bonds. The van der Waals surface area contributed by atoms with Crippen LogP contribution in [0.1, 0.15) is 27.2 Å². The van der Waals surface area contributed by atoms with E-state index in [1.807, 2.05) is 6.07 Å². The number of nitrogens with two attached hydrogens (primary N) is 1. The molecule has 0 saturated carbocycles. The lowest BCUT2D eigenvalue weighted by atomic mass is 10.1. The fourth-order valence-electron chi connectivity index (χ4n) is 1.76. The first-order valence-corrected chi connectivity index (χ1v) is 5.97. The first kappa shape index (κ1) is 13.6. The lowest BCUT2D eigenvalue weighted by molar-refractivity contribution is 0.0950. The molecule has 0 spiro atoms. The van der Waals surface area contributed by atoms with E-state index in [9.17, 15) is 4.79 Å². The third-order valence-electron chi connectivity index (χ3n) is 2.86. The van der Waals surface area contributed by atoms with Crippen molar-refractivity contribution in [1.82, 2.24) is 15.5 Å². The van der Waals surface area contributed by atoms with Crippen LogP contribution in [0.4, 0.5) is 0 Å². The Morgan fingerprint density at radius 1 is 1.55 bits per heavy atom. The van der Waals surface area contributed by atoms with Crippen molar-refractivity contribution in [2.45, 2.75) is 13.5 Å². The Morgan fingerprint density at radius 3 is 3.00 bits per heavy atom. The van der Waals surface area contributed by atoms with Crippen molar-refractivity contribution in [2.24, 2.45) is 10.9 Å². The zero-order valence-electron chi connectivity index (χ0n) is 10.9. The maximum absolute atomic E-state index is 11.9. The minimum Gasteiger partial charge on any atom is -0.409 e. The molecule has 20 heavy (non-hydrogen) atoms. The summed E-state index contributed by atoms with van der Waals surface area (Å²) >= 11 is 0. The number of hydrogen-bond acceptors (Lipinski definition) is 4. The highest BCUT2D eigenvalue weighted by Gasteiger charge is 2.10. The van der Waals surface area contributed by atoms with Crippen molar-refractivity contribution in [3.05, 3.63) is 52.8 Å². The van der Waals surface area contributed by atoms with Gasteiger partial charge in [0.1, 0.15) is 0 Å². The molecule has 0 fully saturated rings. The van der Waals surface area contributed by atoms with Gasteiger partial charge in [0, 0.05) is 17.8 Å². The average Bonchev–Trinajstić information content (AvgIpc) is 2.90. The van der Waals surface area contributed by atoms with Gasteiger partial charge < -0.3 is 16.3 Å². The normalized spacial score (nSPS) is 11.3. The maximum Gasteiger partial charge on any atom is 0.255 e. The van der Waals surface area contributed by atoms with Crippen molar-refractivity contribution in [1.29, 1.82) is 0 Å². The van der Waals surface area contributed by atoms with Crippen molar-refractivity contribution in [3.8, 4) is 0 Å². The molecule has 2 aromatic rings. The Balaban J connectivity index is 2.05. The van der Waals surface area contributed by atoms with Crippen LogP contribution in [0.15, 0.2) is 35.6 Å². The van der Waals surface area contributed by atoms with Gasteiger partial charge in [-0.05, 0) is 18.6 Å². The van der Waals surface area contributed by atoms with Crippen LogP contribution < -0.4 is 11.1 Å². The molecular formula is C13H15N5O2. The lowest BCUT2D eigenvalue weighted by Crippen LogP contribution is -2.23. The van der Waals surface area contributed by atoms with Gasteiger partial charge >= 0.3 is 0 Å². The molecule has 0 aliphatic carbocycles. The second-order valence-corrected chi connectivity index (χ2v) is 4.28. The van der Waals surface area contributed by atoms with Crippen LogP contribution in [0.2, 0.25) is 0 Å². The number of aromatic nitrogens is 2. The van der Waals surface area contributed by atoms with Crippen LogP contribution in [-0.2, 0) is 6.54 Å². The van der Waals surface area contributed by atoms with Crippen LogP contribution in [0.25, 0.3) is 0 Å². The third-order valence-corrected chi connectivity index (χ3v) is 2.86. The van der Waals surface area contributed by atoms with Gasteiger partial charge in [-0.3, -0.25) is 9.89 Å². The van der Waals surface area contributed by atoms with E-state index in [0.717, 1.165) is 5.56 Å². The third kappa shape index (κ3) is 2.94. The zero-order chi connectivity index (χ0) is 14.5. The van der Waals surface area contributed by atoms with Crippen LogP contribution in [0, 0.1) is 6.92 Å². The molecule has 5 N–H and O–H groups in total. The summed E-state index contributed by atoms with van der Waals surface area (Å²) in [5.74, 6) is -0.172. The maximum atomic E-state index is 11.9. The number of rotatable bonds is 4. The Morgan fingerprint density at radius 2 is 2.35 bits per heavy atom. The van der Waals surface area contributed by atoms with Gasteiger partial charge in [0.05, 0.1) is 11.8 Å². The molecule has 1 aromatic carbocycles. The van der Waals surface area contributed by atoms with Gasteiger partial charge in [0.25, 0.3) is 5.91 Å². The summed E-state index contributed by atoms with van der Waals surface area (Å²) in [4.78, 5) is 11.9. The number of H-pyrrole nitrogens is 1. The zero-order valence-corrected chi connectivity index (χ0v) is 10.9. The van der Waals surface area contributed by atoms with E-state index in [1.165, 1.54) is 6.20 Å². The molecule has 2 rings (SSSR count). The van der Waals surface area contributed by atoms with E-state index in [4.69, 9.17) is 10.9 Å². The summed E-state index contributed by atoms with van der Waals surface area (Å²) in [5.41, 5.74) is 8.19. The number of amidine groups is 1. The number of oxime groups is 1. The van der Waals surface area contributed by atoms with Gasteiger partial charge in [-0.1, -0.05) is 23.4 Å². The molecule has 0 unspecified atom stereocenters. The van der Waals surface area contributed by atoms with Gasteiger partial charge in [0.15, 0.2) is 5.84 Å². The van der Waals surface area contributed by atoms with Crippen LogP contribution >= 0.6 is 0 Å². The molecule has 0 atom stereocenters. The van der Waals surface area contributed by atoms with Crippen LogP contribution in [0.3, 0.4) is 0 Å². The van der Waals surface area contributed by atoms with Gasteiger partial charge in [0.2, 0.25) is 0 Å². The molecule has 0 aliphatic rings. The highest BCUT2D eigenvalue weighted by Crippen LogP contribution is 2.06. The topological polar surface area (TPSA) is 116 Å². The van der Waals surface area contributed by atoms with Gasteiger partial charge in [-0.15, -0.1) is 0 Å². The van der Waals surface area contributed by atoms with E-state index in [0.29, 0.717) is 23.4 Å². The highest BCUT2D eigenvalue weighted by atomic mass is 16.4. The lowest BCUT2D eigenvalue weighted by Gasteiger charge is -2.06. The Bertz CT molecular complexity index is 648. The Labute approximate surface area is 115 Å². The number of benzene rings is 1. The minimum atomic E-state index is -0.203. The second-order valence-electron chi connectivity index (χ2n) is 4.28. The molecular weight excluding hydrogens is 258 g/mol. The average molecular weight is 273 g/mol. The SMILES string of the molecule is Cc1[nH]ncc1C(=O)NCc1cccc(C(N)=NO)c1. The van der Waals surface area contributed by atoms with E-state index in [-0.39, 0.29) is 11.7 Å². The van der Waals surface area contributed by atoms with E-state index in [1.54, 1.807) is 25.1 Å². The number of hydrogen-bond donors (Lipinski definition) is 4. The summed E-state index contributed by atoms with van der Waals surface area (Å²) in [5, 5.41) is 20.9. The molecule has 7 heteroatoms. The van der Waals surface area contributed by atoms with Crippen molar-refractivity contribution >= 4 is 11.7 Å². The number of carbonyl (C=O) groups is 1. The summed E-state index contributed by atoms with van der Waals surface area (Å²) in [7, 11) is 0. The Hall–Kier alpha value is -2.83. The molecule has 104 valence electrons. The largest absolute Gasteiger partial charge is 0.409 e. The standard InChI is InChI=1S/C13H15N5O2/c1-8-11(7-16-17-8)13(19)15-6-9-3-2-4-10(5-9)12(14)18-20/h2-5,7,20H,6H2,1H3,(H2,14,18)(H,15,19)(H,16,17). The van der Waals surface area contributed by atoms with E-state index >= 15 is 0 Å². The summed E-state index contributed by atoms with van der Waals surface area (Å²) < 4.78 is 0. The van der Waals surface area contributed by atoms with Crippen molar-refractivity contribution in [3.63, 3.8) is 0 Å². The highest BCUT2D eigenvalue weighted by molar-refractivity contribution is 5.97. The summed E-state index contributed by atoms with van der Waals surface area (Å²) in [6, 6.07) is 7.09. The molecule has 1 heterocycles. The number of aryl methyl sites for hydroxylation is 1. The van der Waals surface area contributed by atoms with Gasteiger partial charge in [-0.2, -0.15) is 5.10 Å². The van der Waals surface area contributed by atoms with Crippen molar-refractivity contribution in [2.75, 3.05) is 0 Å². The predicted octanol–water partition coefficient (Wildman–Crippen LogP) is 0.743. The number of nitrogens with zero attached hydrogens (tertiary/aromatic N) is 2. The first-order chi connectivity index (χ1) is 9.61. The quantitative estimate of drug-likeness (QED) is 0.284. The summed E-state index contributed by atoms with van der Waals surface area (Å²) in [6.45, 7) is 2.12. The van der Waals surface area contributed by atoms with Gasteiger partial charge in [-0.25, -0.2) is 0 Å². The molecule has 0 bridgehead atoms. The molecule has 1 aromatic heterocycles. The fraction of sp³-hybridized carbons (Fsp3) is 0.154. The molecule has 7 nitrogen and oxygen atoms in total. The van der Waals surface area contributed by atoms with Crippen LogP contribution in [-0.4, -0.2) is 27.1 Å². The predicted molar refractivity (Wildman–Crippen MR) is 73.4 cm³/mol. The molecule has 0 radical (unpaired) electrons. The number of aromatic amines is 1. The van der Waals surface area contributed by atoms with Crippen molar-refractivity contribution < 1.29 is 10.0 Å². The minimum absolute atomic E-state index is 0.0313. The second kappa shape index (κ2) is 5.87. The van der Waals surface area contributed by atoms with E-state index in [2.05, 4.69) is 20.7 Å². The number of carbonyl (C=O) groups excluding carboxylic acids is 1. The van der Waals surface area contributed by atoms with E-state index < -0.39 is 0 Å². The number of nitrogens with one attached hydrogen (secondary N) is 2. The molecule has 0 aliphatic heterocycles. The monoisotopic (exact) mass is 273 g/mol. The summed E-state index contributed by atoms with van der Waals surface area (Å²) in [6.07, 6.45) is 1.48. The first-order valence-electron chi connectivity index (χ1n) is 5.97. The Kier molecular flexibility index (Phi) is 3.99. The number of amides is 1. The smallest absolute Gasteiger partial charge is 0.255 e. The fourth-order valence-corrected chi connectivity index (χ4v) is 1.76.